The molecule has 4 fully saturated rings. The molecule has 0 aromatic rings. The van der Waals surface area contributed by atoms with Gasteiger partial charge in [0, 0.05) is 24.7 Å². The van der Waals surface area contributed by atoms with Crippen LogP contribution in [0.15, 0.2) is 0 Å². The van der Waals surface area contributed by atoms with E-state index in [0.717, 1.165) is 37.5 Å². The van der Waals surface area contributed by atoms with Gasteiger partial charge >= 0.3 is 5.97 Å². The molecule has 140 valence electrons. The van der Waals surface area contributed by atoms with Crippen molar-refractivity contribution in [1.82, 2.24) is 0 Å². The molecular formula is C22H34O3. The van der Waals surface area contributed by atoms with Crippen LogP contribution in [-0.2, 0) is 14.3 Å². The normalized spacial score (nSPS) is 49.1. The van der Waals surface area contributed by atoms with E-state index in [4.69, 9.17) is 4.74 Å². The molecule has 0 saturated heterocycles. The number of fused-ring (bicyclic) bond motifs is 5. The predicted octanol–water partition coefficient (Wildman–Crippen LogP) is 4.92. The molecule has 3 nitrogen and oxygen atoms in total. The molecule has 4 rings (SSSR count). The summed E-state index contributed by atoms with van der Waals surface area (Å²) in [5.41, 5.74) is 0.552. The van der Waals surface area contributed by atoms with Crippen molar-refractivity contribution in [3.8, 4) is 0 Å². The first kappa shape index (κ1) is 17.5. The molecule has 25 heavy (non-hydrogen) atoms. The third-order valence-electron chi connectivity index (χ3n) is 8.96. The summed E-state index contributed by atoms with van der Waals surface area (Å²) in [5.74, 6) is 3.34. The Hall–Kier alpha value is -0.860. The van der Waals surface area contributed by atoms with Crippen molar-refractivity contribution >= 4 is 11.8 Å². The number of hydrogen-bond donors (Lipinski definition) is 0. The van der Waals surface area contributed by atoms with Gasteiger partial charge in [0.1, 0.15) is 11.9 Å². The maximum Gasteiger partial charge on any atom is 0.305 e. The molecule has 0 spiro atoms. The molecule has 4 saturated carbocycles. The highest BCUT2D eigenvalue weighted by Gasteiger charge is 2.61. The number of carbonyl (C=O) groups is 2. The van der Waals surface area contributed by atoms with Crippen molar-refractivity contribution in [1.29, 1.82) is 0 Å². The van der Waals surface area contributed by atoms with Crippen LogP contribution >= 0.6 is 0 Å². The summed E-state index contributed by atoms with van der Waals surface area (Å²) in [4.78, 5) is 23.9. The minimum Gasteiger partial charge on any atom is -0.462 e. The smallest absolute Gasteiger partial charge is 0.305 e. The maximum absolute atomic E-state index is 12.0. The second-order valence-corrected chi connectivity index (χ2v) is 9.85. The maximum atomic E-state index is 12.0. The van der Waals surface area contributed by atoms with Crippen molar-refractivity contribution in [2.45, 2.75) is 91.1 Å². The van der Waals surface area contributed by atoms with E-state index in [1.807, 2.05) is 6.92 Å². The average Bonchev–Trinajstić information content (AvgIpc) is 2.92. The van der Waals surface area contributed by atoms with Crippen LogP contribution in [0.2, 0.25) is 0 Å². The highest BCUT2D eigenvalue weighted by atomic mass is 16.5. The van der Waals surface area contributed by atoms with E-state index in [2.05, 4.69) is 13.8 Å². The van der Waals surface area contributed by atoms with Crippen molar-refractivity contribution in [2.24, 2.45) is 34.5 Å². The average molecular weight is 347 g/mol. The molecule has 4 aliphatic rings. The zero-order valence-electron chi connectivity index (χ0n) is 16.2. The van der Waals surface area contributed by atoms with Crippen molar-refractivity contribution in [2.75, 3.05) is 0 Å². The van der Waals surface area contributed by atoms with E-state index in [1.165, 1.54) is 32.1 Å². The molecule has 0 aromatic heterocycles. The molecule has 3 heteroatoms. The molecule has 0 radical (unpaired) electrons. The third-order valence-corrected chi connectivity index (χ3v) is 8.96. The fourth-order valence-electron chi connectivity index (χ4n) is 7.43. The number of carbonyl (C=O) groups excluding carboxylic acids is 2. The lowest BCUT2D eigenvalue weighted by atomic mass is 9.45. The molecule has 0 amide bonds. The van der Waals surface area contributed by atoms with Gasteiger partial charge in [-0.1, -0.05) is 20.8 Å². The lowest BCUT2D eigenvalue weighted by Crippen LogP contribution is -2.54. The quantitative estimate of drug-likeness (QED) is 0.667. The summed E-state index contributed by atoms with van der Waals surface area (Å²) < 4.78 is 5.87. The molecule has 7 atom stereocenters. The van der Waals surface area contributed by atoms with Gasteiger partial charge in [-0.2, -0.15) is 0 Å². The summed E-state index contributed by atoms with van der Waals surface area (Å²) in [6, 6.07) is 0. The predicted molar refractivity (Wildman–Crippen MR) is 96.9 cm³/mol. The van der Waals surface area contributed by atoms with Gasteiger partial charge in [-0.3, -0.25) is 9.59 Å². The van der Waals surface area contributed by atoms with Gasteiger partial charge in [0.25, 0.3) is 0 Å². The molecule has 0 bridgehead atoms. The van der Waals surface area contributed by atoms with Crippen LogP contribution < -0.4 is 0 Å². The van der Waals surface area contributed by atoms with Gasteiger partial charge < -0.3 is 4.74 Å². The van der Waals surface area contributed by atoms with Gasteiger partial charge in [0.2, 0.25) is 0 Å². The number of rotatable bonds is 2. The Kier molecular flexibility index (Phi) is 4.28. The Labute approximate surface area is 152 Å². The fourth-order valence-corrected chi connectivity index (χ4v) is 7.43. The summed E-state index contributed by atoms with van der Waals surface area (Å²) in [6.45, 7) is 6.78. The lowest BCUT2D eigenvalue weighted by Gasteiger charge is -2.60. The van der Waals surface area contributed by atoms with Gasteiger partial charge in [-0.15, -0.1) is 0 Å². The number of esters is 1. The highest BCUT2D eigenvalue weighted by molar-refractivity contribution is 5.79. The minimum absolute atomic E-state index is 0.0320. The Morgan fingerprint density at radius 1 is 1.04 bits per heavy atom. The lowest BCUT2D eigenvalue weighted by molar-refractivity contribution is -0.163. The van der Waals surface area contributed by atoms with Crippen molar-refractivity contribution in [3.63, 3.8) is 0 Å². The van der Waals surface area contributed by atoms with Crippen LogP contribution in [0.5, 0.6) is 0 Å². The first-order valence-electron chi connectivity index (χ1n) is 10.6. The fraction of sp³-hybridized carbons (Fsp3) is 0.909. The first-order valence-corrected chi connectivity index (χ1v) is 10.6. The molecule has 0 N–H and O–H groups in total. The Morgan fingerprint density at radius 3 is 2.56 bits per heavy atom. The van der Waals surface area contributed by atoms with Crippen LogP contribution in [0, 0.1) is 34.5 Å². The van der Waals surface area contributed by atoms with Crippen LogP contribution in [0.25, 0.3) is 0 Å². The molecule has 0 aliphatic heterocycles. The molecular weight excluding hydrogens is 312 g/mol. The second kappa shape index (κ2) is 6.09. The van der Waals surface area contributed by atoms with Crippen molar-refractivity contribution < 1.29 is 14.3 Å². The Balaban J connectivity index is 1.56. The van der Waals surface area contributed by atoms with Crippen LogP contribution in [-0.4, -0.2) is 17.9 Å². The summed E-state index contributed by atoms with van der Waals surface area (Å²) >= 11 is 0. The van der Waals surface area contributed by atoms with E-state index < -0.39 is 0 Å². The monoisotopic (exact) mass is 346 g/mol. The van der Waals surface area contributed by atoms with Gasteiger partial charge in [-0.05, 0) is 74.0 Å². The summed E-state index contributed by atoms with van der Waals surface area (Å²) in [5, 5.41) is 0. The van der Waals surface area contributed by atoms with E-state index >= 15 is 0 Å². The van der Waals surface area contributed by atoms with E-state index in [-0.39, 0.29) is 17.5 Å². The number of ether oxygens (including phenoxy) is 1. The third kappa shape index (κ3) is 2.59. The van der Waals surface area contributed by atoms with Gasteiger partial charge in [-0.25, -0.2) is 0 Å². The molecule has 0 unspecified atom stereocenters. The molecule has 4 aliphatic carbocycles. The number of hydrogen-bond acceptors (Lipinski definition) is 3. The number of ketones is 1. The van der Waals surface area contributed by atoms with Crippen LogP contribution in [0.1, 0.15) is 85.0 Å². The largest absolute Gasteiger partial charge is 0.462 e. The zero-order chi connectivity index (χ0) is 17.8. The Bertz CT molecular complexity index is 570. The summed E-state index contributed by atoms with van der Waals surface area (Å²) in [6.07, 6.45) is 10.6. The first-order chi connectivity index (χ1) is 11.9. The van der Waals surface area contributed by atoms with Crippen LogP contribution in [0.4, 0.5) is 0 Å². The molecule has 0 heterocycles. The SMILES string of the molecule is CCC(=O)O[C@@H]1CC[C@@H]2[C@H]3CC[C@H]4CC(=O)CC[C@]4(C)[C@@H]3CC[C@]21C. The van der Waals surface area contributed by atoms with Crippen molar-refractivity contribution in [3.05, 3.63) is 0 Å². The van der Waals surface area contributed by atoms with E-state index in [0.29, 0.717) is 29.5 Å². The van der Waals surface area contributed by atoms with Gasteiger partial charge in [0.15, 0.2) is 0 Å². The highest BCUT2D eigenvalue weighted by Crippen LogP contribution is 2.66. The topological polar surface area (TPSA) is 43.4 Å². The van der Waals surface area contributed by atoms with Crippen LogP contribution in [0.3, 0.4) is 0 Å². The second-order valence-electron chi connectivity index (χ2n) is 9.85. The van der Waals surface area contributed by atoms with Gasteiger partial charge in [0.05, 0.1) is 0 Å². The zero-order valence-corrected chi connectivity index (χ0v) is 16.2. The minimum atomic E-state index is -0.0320. The standard InChI is InChI=1S/C22H34O3/c1-4-20(24)25-19-8-7-17-16-6-5-14-13-15(23)9-11-21(14,2)18(16)10-12-22(17,19)3/h14,16-19H,4-13H2,1-3H3/t14-,16+,17+,18+,19+,21-,22+/m0/s1. The number of Topliss-reactive ketones (excluding diaryl/α,β-unsaturated/α-hetero) is 1. The van der Waals surface area contributed by atoms with E-state index in [1.54, 1.807) is 0 Å². The van der Waals surface area contributed by atoms with E-state index in [9.17, 15) is 9.59 Å². The molecule has 0 aromatic carbocycles. The Morgan fingerprint density at radius 2 is 1.80 bits per heavy atom. The summed E-state index contributed by atoms with van der Waals surface area (Å²) in [7, 11) is 0.